The molecule has 0 saturated heterocycles. The Balaban J connectivity index is 2.80. The Labute approximate surface area is 89.4 Å². The second kappa shape index (κ2) is 4.55. The predicted molar refractivity (Wildman–Crippen MR) is 63.6 cm³/mol. The predicted octanol–water partition coefficient (Wildman–Crippen LogP) is 1.93. The molecule has 0 aliphatic rings. The highest BCUT2D eigenvalue weighted by molar-refractivity contribution is 7.71. The topological polar surface area (TPSA) is 32.3 Å². The van der Waals surface area contributed by atoms with Crippen LogP contribution in [0.1, 0.15) is 19.8 Å². The lowest BCUT2D eigenvalue weighted by Gasteiger charge is -2.23. The van der Waals surface area contributed by atoms with E-state index in [4.69, 9.17) is 12.2 Å². The molecule has 14 heavy (non-hydrogen) atoms. The molecular formula is C10H16N2OS. The molecule has 1 N–H and O–H groups in total. The number of nitrogens with zero attached hydrogens (tertiary/aromatic N) is 1. The van der Waals surface area contributed by atoms with Gasteiger partial charge in [-0.15, -0.1) is 0 Å². The molecule has 0 bridgehead atoms. The molecule has 0 radical (unpaired) electrons. The van der Waals surface area contributed by atoms with Crippen LogP contribution >= 0.6 is 12.2 Å². The molecule has 0 aromatic heterocycles. The maximum atomic E-state index is 11.3. The van der Waals surface area contributed by atoms with Gasteiger partial charge in [-0.25, -0.2) is 0 Å². The maximum absolute atomic E-state index is 11.3. The smallest absolute Gasteiger partial charge is 0.223 e. The van der Waals surface area contributed by atoms with Gasteiger partial charge in [-0.1, -0.05) is 25.6 Å². The number of nitrogens with one attached hydrogen (secondary N) is 1. The van der Waals surface area contributed by atoms with Gasteiger partial charge in [0.15, 0.2) is 0 Å². The van der Waals surface area contributed by atoms with Crippen molar-refractivity contribution in [3.05, 3.63) is 14.7 Å². The molecule has 0 atom stereocenters. The van der Waals surface area contributed by atoms with Crippen LogP contribution < -0.4 is 15.6 Å². The summed E-state index contributed by atoms with van der Waals surface area (Å²) < 4.78 is 0.466. The number of hydrogen-bond donors (Lipinski definition) is 1. The molecule has 0 aliphatic heterocycles. The van der Waals surface area contributed by atoms with Gasteiger partial charge in [0.25, 0.3) is 0 Å². The van der Waals surface area contributed by atoms with Crippen LogP contribution in [0.15, 0.2) is 4.79 Å². The Morgan fingerprint density at radius 2 is 2.14 bits per heavy atom. The first kappa shape index (κ1) is 11.2. The fourth-order valence-electron chi connectivity index (χ4n) is 1.48. The van der Waals surface area contributed by atoms with E-state index in [9.17, 15) is 4.79 Å². The van der Waals surface area contributed by atoms with E-state index in [1.807, 2.05) is 7.05 Å². The first-order valence-electron chi connectivity index (χ1n) is 4.85. The van der Waals surface area contributed by atoms with Crippen LogP contribution in [-0.2, 0) is 0 Å². The largest absolute Gasteiger partial charge is 0.383 e. The van der Waals surface area contributed by atoms with Gasteiger partial charge < -0.3 is 10.2 Å². The summed E-state index contributed by atoms with van der Waals surface area (Å²) in [7, 11) is 3.73. The molecule has 0 fully saturated rings. The average molecular weight is 212 g/mol. The van der Waals surface area contributed by atoms with Crippen molar-refractivity contribution in [1.82, 2.24) is 0 Å². The van der Waals surface area contributed by atoms with E-state index < -0.39 is 0 Å². The number of unbranched alkanes of at least 4 members (excludes halogenated alkanes) is 1. The SMILES string of the molecule is CCCCN(C)c1c(NC)c(=O)c1=S. The number of hydrogen-bond acceptors (Lipinski definition) is 4. The lowest BCUT2D eigenvalue weighted by atomic mass is 10.2. The van der Waals surface area contributed by atoms with E-state index in [1.165, 1.54) is 0 Å². The minimum Gasteiger partial charge on any atom is -0.383 e. The summed E-state index contributed by atoms with van der Waals surface area (Å²) >= 11 is 5.01. The van der Waals surface area contributed by atoms with E-state index in [-0.39, 0.29) is 5.43 Å². The normalized spacial score (nSPS) is 10.5. The zero-order valence-corrected chi connectivity index (χ0v) is 9.70. The van der Waals surface area contributed by atoms with Gasteiger partial charge in [-0.2, -0.15) is 0 Å². The Bertz CT molecular complexity index is 379. The quantitative estimate of drug-likeness (QED) is 0.756. The highest BCUT2D eigenvalue weighted by atomic mass is 32.1. The Morgan fingerprint density at radius 1 is 1.50 bits per heavy atom. The molecule has 0 saturated carbocycles. The molecule has 1 rings (SSSR count). The molecule has 4 heteroatoms. The monoisotopic (exact) mass is 212 g/mol. The van der Waals surface area contributed by atoms with E-state index in [0.29, 0.717) is 10.2 Å². The van der Waals surface area contributed by atoms with Gasteiger partial charge in [0.2, 0.25) is 5.43 Å². The third kappa shape index (κ3) is 1.80. The van der Waals surface area contributed by atoms with Crippen LogP contribution in [0.3, 0.4) is 0 Å². The van der Waals surface area contributed by atoms with E-state index >= 15 is 0 Å². The van der Waals surface area contributed by atoms with Gasteiger partial charge in [0, 0.05) is 20.6 Å². The van der Waals surface area contributed by atoms with Crippen molar-refractivity contribution in [1.29, 1.82) is 0 Å². The molecular weight excluding hydrogens is 196 g/mol. The maximum Gasteiger partial charge on any atom is 0.223 e. The molecule has 0 unspecified atom stereocenters. The van der Waals surface area contributed by atoms with Gasteiger partial charge in [0.05, 0.1) is 5.69 Å². The summed E-state index contributed by atoms with van der Waals surface area (Å²) in [5.41, 5.74) is 1.54. The summed E-state index contributed by atoms with van der Waals surface area (Å²) in [6, 6.07) is 0. The first-order valence-corrected chi connectivity index (χ1v) is 5.26. The van der Waals surface area contributed by atoms with Crippen LogP contribution in [0.2, 0.25) is 0 Å². The van der Waals surface area contributed by atoms with Crippen molar-refractivity contribution in [2.24, 2.45) is 0 Å². The summed E-state index contributed by atoms with van der Waals surface area (Å²) in [6.07, 6.45) is 2.26. The van der Waals surface area contributed by atoms with E-state index in [1.54, 1.807) is 7.05 Å². The molecule has 1 aromatic carbocycles. The van der Waals surface area contributed by atoms with Crippen molar-refractivity contribution in [2.45, 2.75) is 19.8 Å². The Morgan fingerprint density at radius 3 is 2.64 bits per heavy atom. The lowest BCUT2D eigenvalue weighted by molar-refractivity contribution is 0.764. The van der Waals surface area contributed by atoms with E-state index in [0.717, 1.165) is 25.1 Å². The van der Waals surface area contributed by atoms with Gasteiger partial charge >= 0.3 is 0 Å². The highest BCUT2D eigenvalue weighted by Gasteiger charge is 2.19. The standard InChI is InChI=1S/C10H16N2OS/c1-4-5-6-12(3)8-7(11-2)9(13)10(8)14/h11H,4-6H2,1-3H3. The summed E-state index contributed by atoms with van der Waals surface area (Å²) in [5, 5.41) is 2.89. The third-order valence-electron chi connectivity index (χ3n) is 2.36. The fourth-order valence-corrected chi connectivity index (χ4v) is 1.84. The number of anilines is 2. The molecule has 0 heterocycles. The van der Waals surface area contributed by atoms with E-state index in [2.05, 4.69) is 17.1 Å². The second-order valence-corrected chi connectivity index (χ2v) is 3.82. The van der Waals surface area contributed by atoms with Crippen molar-refractivity contribution in [3.63, 3.8) is 0 Å². The minimum atomic E-state index is -0.0270. The van der Waals surface area contributed by atoms with Gasteiger partial charge in [-0.3, -0.25) is 4.79 Å². The van der Waals surface area contributed by atoms with Crippen LogP contribution in [0.5, 0.6) is 0 Å². The molecule has 0 spiro atoms. The van der Waals surface area contributed by atoms with Crippen molar-refractivity contribution < 1.29 is 0 Å². The zero-order chi connectivity index (χ0) is 10.7. The van der Waals surface area contributed by atoms with Crippen molar-refractivity contribution >= 4 is 23.6 Å². The van der Waals surface area contributed by atoms with Crippen LogP contribution in [-0.4, -0.2) is 20.6 Å². The van der Waals surface area contributed by atoms with Crippen LogP contribution in [0.4, 0.5) is 11.4 Å². The van der Waals surface area contributed by atoms with Crippen molar-refractivity contribution in [3.8, 4) is 0 Å². The molecule has 3 nitrogen and oxygen atoms in total. The highest BCUT2D eigenvalue weighted by Crippen LogP contribution is 2.26. The molecule has 0 aliphatic carbocycles. The average Bonchev–Trinajstić information content (AvgIpc) is 2.20. The van der Waals surface area contributed by atoms with Gasteiger partial charge in [-0.05, 0) is 6.42 Å². The molecule has 0 amide bonds. The van der Waals surface area contributed by atoms with Gasteiger partial charge in [0.1, 0.15) is 10.2 Å². The van der Waals surface area contributed by atoms with Crippen LogP contribution in [0.25, 0.3) is 0 Å². The minimum absolute atomic E-state index is 0.0270. The van der Waals surface area contributed by atoms with Crippen LogP contribution in [0, 0.1) is 4.51 Å². The fraction of sp³-hybridized carbons (Fsp3) is 0.600. The first-order chi connectivity index (χ1) is 6.63. The Kier molecular flexibility index (Phi) is 3.63. The second-order valence-electron chi connectivity index (χ2n) is 3.41. The summed E-state index contributed by atoms with van der Waals surface area (Å²) in [5.74, 6) is 0. The number of rotatable bonds is 5. The third-order valence-corrected chi connectivity index (χ3v) is 2.74. The summed E-state index contributed by atoms with van der Waals surface area (Å²) in [4.78, 5) is 13.3. The van der Waals surface area contributed by atoms with Crippen molar-refractivity contribution in [2.75, 3.05) is 30.9 Å². The lowest BCUT2D eigenvalue weighted by Crippen LogP contribution is -2.28. The Hall–Kier alpha value is -0.900. The zero-order valence-electron chi connectivity index (χ0n) is 8.89. The summed E-state index contributed by atoms with van der Waals surface area (Å²) in [6.45, 7) is 3.09. The molecule has 1 aromatic rings. The molecule has 78 valence electrons.